The maximum atomic E-state index is 14.3. The van der Waals surface area contributed by atoms with Crippen LogP contribution in [-0.2, 0) is 27.2 Å². The molecular formula is C35H41Cl2N7O5. The molecule has 1 aliphatic heterocycles. The Bertz CT molecular complexity index is 1730. The number of rotatable bonds is 12. The molecule has 3 aliphatic carbocycles. The number of hydrogen-bond donors (Lipinski definition) is 6. The quantitative estimate of drug-likeness (QED) is 0.100. The molecular weight excluding hydrogens is 669 g/mol. The van der Waals surface area contributed by atoms with E-state index in [0.717, 1.165) is 36.8 Å². The maximum absolute atomic E-state index is 14.3. The van der Waals surface area contributed by atoms with Crippen molar-refractivity contribution in [1.29, 1.82) is 5.41 Å². The number of fused-ring (bicyclic) bond motifs is 1. The summed E-state index contributed by atoms with van der Waals surface area (Å²) in [5.41, 5.74) is 0.583. The van der Waals surface area contributed by atoms with Gasteiger partial charge in [-0.25, -0.2) is 4.79 Å². The largest absolute Gasteiger partial charge is 0.410 e. The van der Waals surface area contributed by atoms with Crippen molar-refractivity contribution in [2.24, 2.45) is 28.8 Å². The summed E-state index contributed by atoms with van der Waals surface area (Å²) >= 11 is 12.5. The Morgan fingerprint density at radius 3 is 2.27 bits per heavy atom. The molecule has 6 N–H and O–H groups in total. The maximum Gasteiger partial charge on any atom is 0.318 e. The van der Waals surface area contributed by atoms with Crippen LogP contribution in [0.25, 0.3) is 0 Å². The molecule has 2 saturated carbocycles. The lowest BCUT2D eigenvalue weighted by molar-refractivity contribution is -0.125. The number of amides is 5. The van der Waals surface area contributed by atoms with Crippen molar-refractivity contribution in [3.05, 3.63) is 57.6 Å². The van der Waals surface area contributed by atoms with Gasteiger partial charge in [0.25, 0.3) is 11.8 Å². The van der Waals surface area contributed by atoms with Crippen LogP contribution in [0.15, 0.2) is 41.6 Å². The van der Waals surface area contributed by atoms with Gasteiger partial charge in [0.15, 0.2) is 5.71 Å². The summed E-state index contributed by atoms with van der Waals surface area (Å²) in [6, 6.07) is 8.85. The smallest absolute Gasteiger partial charge is 0.318 e. The Morgan fingerprint density at radius 2 is 1.69 bits per heavy atom. The van der Waals surface area contributed by atoms with Gasteiger partial charge >= 0.3 is 6.03 Å². The first-order valence-corrected chi connectivity index (χ1v) is 17.4. The standard InChI is InChI=1S/C35H41Cl2N7O5/c1-17(2)27-16-44(34(48)41-27)35(33(47)40-26-11-9-23(36)13-25(26)37)14-21-8-10-24(12-22(21)15-35)39-32(46)30(28(19-4-5-19)20-6-7-20)42-31(45)29(43-49)18(3)38/h8-13,17,19-20,27-28,30,38,49H,4-7,14-16H2,1-3H3,(H,39,46)(H,40,47)(H,41,48)(H,42,45)/b38-18?,43-29+/t27-,30-,35?/m0/s1. The number of benzene rings is 2. The zero-order valence-corrected chi connectivity index (χ0v) is 29.1. The number of hydrogen-bond acceptors (Lipinski definition) is 7. The van der Waals surface area contributed by atoms with E-state index in [-0.39, 0.29) is 53.4 Å². The fourth-order valence-electron chi connectivity index (χ4n) is 7.29. The van der Waals surface area contributed by atoms with E-state index in [1.165, 1.54) is 13.0 Å². The topological polar surface area (TPSA) is 176 Å². The first-order chi connectivity index (χ1) is 23.3. The average Bonchev–Trinajstić information content (AvgIpc) is 3.98. The molecule has 6 rings (SSSR count). The van der Waals surface area contributed by atoms with E-state index in [0.29, 0.717) is 34.8 Å². The second-order valence-electron chi connectivity index (χ2n) is 14.1. The molecule has 0 aromatic heterocycles. The normalized spacial score (nSPS) is 22.5. The van der Waals surface area contributed by atoms with E-state index in [1.807, 2.05) is 26.0 Å². The molecule has 5 amide bonds. The van der Waals surface area contributed by atoms with Crippen LogP contribution in [0.1, 0.15) is 57.6 Å². The molecule has 0 radical (unpaired) electrons. The monoisotopic (exact) mass is 709 g/mol. The van der Waals surface area contributed by atoms with E-state index in [9.17, 15) is 24.4 Å². The van der Waals surface area contributed by atoms with Gasteiger partial charge in [-0.1, -0.05) is 48.3 Å². The van der Waals surface area contributed by atoms with Gasteiger partial charge < -0.3 is 36.8 Å². The fraction of sp³-hybridized carbons (Fsp3) is 0.486. The molecule has 1 saturated heterocycles. The Kier molecular flexibility index (Phi) is 9.65. The average molecular weight is 711 g/mol. The highest BCUT2D eigenvalue weighted by Crippen LogP contribution is 2.51. The van der Waals surface area contributed by atoms with Crippen molar-refractivity contribution < 1.29 is 24.4 Å². The zero-order chi connectivity index (χ0) is 35.2. The molecule has 4 aliphatic rings. The van der Waals surface area contributed by atoms with Gasteiger partial charge in [-0.2, -0.15) is 0 Å². The summed E-state index contributed by atoms with van der Waals surface area (Å²) in [6.45, 7) is 5.72. The van der Waals surface area contributed by atoms with Crippen LogP contribution >= 0.6 is 23.2 Å². The van der Waals surface area contributed by atoms with Gasteiger partial charge in [-0.15, -0.1) is 0 Å². The van der Waals surface area contributed by atoms with Gasteiger partial charge in [0.1, 0.15) is 11.6 Å². The number of oxime groups is 1. The highest BCUT2D eigenvalue weighted by molar-refractivity contribution is 6.65. The molecule has 14 heteroatoms. The Labute approximate surface area is 294 Å². The SMILES string of the molecule is CC(=N)/C(=N\O)C(=O)N[C@H](C(=O)Nc1ccc2c(c1)CC(C(=O)Nc1ccc(Cl)cc1Cl)(N1C[C@@H](C(C)C)NC1=O)C2)C(C1CC1)C1CC1. The highest BCUT2D eigenvalue weighted by atomic mass is 35.5. The van der Waals surface area contributed by atoms with E-state index < -0.39 is 29.1 Å². The van der Waals surface area contributed by atoms with Gasteiger partial charge in [0, 0.05) is 30.1 Å². The van der Waals surface area contributed by atoms with Crippen LogP contribution in [-0.4, -0.2) is 69.5 Å². The summed E-state index contributed by atoms with van der Waals surface area (Å²) in [7, 11) is 0. The predicted octanol–water partition coefficient (Wildman–Crippen LogP) is 5.25. The first-order valence-electron chi connectivity index (χ1n) is 16.7. The predicted molar refractivity (Wildman–Crippen MR) is 188 cm³/mol. The summed E-state index contributed by atoms with van der Waals surface area (Å²) < 4.78 is 0. The Morgan fingerprint density at radius 1 is 1.02 bits per heavy atom. The number of halogens is 2. The number of anilines is 2. The third kappa shape index (κ3) is 7.12. The summed E-state index contributed by atoms with van der Waals surface area (Å²) in [5, 5.41) is 32.6. The lowest BCUT2D eigenvalue weighted by Crippen LogP contribution is -2.59. The molecule has 3 fully saturated rings. The van der Waals surface area contributed by atoms with Crippen molar-refractivity contribution in [3.63, 3.8) is 0 Å². The molecule has 3 atom stereocenters. The molecule has 12 nitrogen and oxygen atoms in total. The molecule has 260 valence electrons. The van der Waals surface area contributed by atoms with Gasteiger partial charge in [-0.05, 0) is 97.7 Å². The summed E-state index contributed by atoms with van der Waals surface area (Å²) in [4.78, 5) is 56.3. The van der Waals surface area contributed by atoms with Crippen LogP contribution in [0, 0.1) is 29.1 Å². The van der Waals surface area contributed by atoms with Crippen molar-refractivity contribution >= 4 is 69.8 Å². The molecule has 2 aromatic carbocycles. The minimum atomic E-state index is -1.27. The van der Waals surface area contributed by atoms with E-state index >= 15 is 0 Å². The number of carbonyl (C=O) groups excluding carboxylic acids is 4. The summed E-state index contributed by atoms with van der Waals surface area (Å²) in [5.74, 6) is -0.909. The Balaban J connectivity index is 1.27. The van der Waals surface area contributed by atoms with E-state index in [2.05, 4.69) is 26.4 Å². The second kappa shape index (κ2) is 13.6. The first kappa shape index (κ1) is 34.7. The van der Waals surface area contributed by atoms with Crippen LogP contribution in [0.3, 0.4) is 0 Å². The summed E-state index contributed by atoms with van der Waals surface area (Å²) in [6.07, 6.45) is 4.33. The molecule has 1 heterocycles. The molecule has 1 unspecified atom stereocenters. The number of carbonyl (C=O) groups is 4. The molecule has 0 bridgehead atoms. The number of nitrogens with zero attached hydrogens (tertiary/aromatic N) is 2. The number of urea groups is 1. The van der Waals surface area contributed by atoms with E-state index in [4.69, 9.17) is 28.6 Å². The highest BCUT2D eigenvalue weighted by Gasteiger charge is 2.54. The van der Waals surface area contributed by atoms with Crippen LogP contribution < -0.4 is 21.3 Å². The van der Waals surface area contributed by atoms with Gasteiger partial charge in [-0.3, -0.25) is 14.4 Å². The third-order valence-corrected chi connectivity index (χ3v) is 10.8. The molecule has 2 aromatic rings. The van der Waals surface area contributed by atoms with Gasteiger partial charge in [0.2, 0.25) is 5.91 Å². The van der Waals surface area contributed by atoms with Crippen molar-refractivity contribution in [1.82, 2.24) is 15.5 Å². The van der Waals surface area contributed by atoms with Crippen LogP contribution in [0.2, 0.25) is 10.0 Å². The van der Waals surface area contributed by atoms with Crippen LogP contribution in [0.4, 0.5) is 16.2 Å². The second-order valence-corrected chi connectivity index (χ2v) is 15.0. The fourth-order valence-corrected chi connectivity index (χ4v) is 7.75. The van der Waals surface area contributed by atoms with Crippen molar-refractivity contribution in [2.45, 2.75) is 76.9 Å². The Hall–Kier alpha value is -4.16. The van der Waals surface area contributed by atoms with E-state index in [1.54, 1.807) is 23.1 Å². The molecule has 49 heavy (non-hydrogen) atoms. The lowest BCUT2D eigenvalue weighted by Gasteiger charge is -2.36. The van der Waals surface area contributed by atoms with Crippen molar-refractivity contribution in [2.75, 3.05) is 17.2 Å². The lowest BCUT2D eigenvalue weighted by atomic mass is 9.88. The number of nitrogens with one attached hydrogen (secondary N) is 5. The minimum absolute atomic E-state index is 0.0806. The van der Waals surface area contributed by atoms with Crippen molar-refractivity contribution in [3.8, 4) is 0 Å². The van der Waals surface area contributed by atoms with Gasteiger partial charge in [0.05, 0.1) is 22.5 Å². The molecule has 0 spiro atoms. The minimum Gasteiger partial charge on any atom is -0.410 e. The third-order valence-electron chi connectivity index (χ3n) is 10.3. The van der Waals surface area contributed by atoms with Crippen LogP contribution in [0.5, 0.6) is 0 Å². The zero-order valence-electron chi connectivity index (χ0n) is 27.6.